The molecule has 1 N–H and O–H groups in total. The number of nitrogens with zero attached hydrogens (tertiary/aromatic N) is 2. The van der Waals surface area contributed by atoms with Crippen molar-refractivity contribution in [3.05, 3.63) is 33.1 Å². The van der Waals surface area contributed by atoms with E-state index >= 15 is 0 Å². The molecule has 1 aromatic rings. The van der Waals surface area contributed by atoms with Gasteiger partial charge in [-0.2, -0.15) is 0 Å². The summed E-state index contributed by atoms with van der Waals surface area (Å²) in [4.78, 5) is 23.1. The quantitative estimate of drug-likeness (QED) is 0.722. The van der Waals surface area contributed by atoms with Crippen molar-refractivity contribution in [1.29, 1.82) is 0 Å². The molecular formula is C12H19N3O3. The summed E-state index contributed by atoms with van der Waals surface area (Å²) in [5.41, 5.74) is -0.947. The molecule has 0 aliphatic carbocycles. The van der Waals surface area contributed by atoms with Crippen LogP contribution in [0.1, 0.15) is 12.8 Å². The van der Waals surface area contributed by atoms with Crippen LogP contribution in [0.4, 0.5) is 0 Å². The lowest BCUT2D eigenvalue weighted by Gasteiger charge is -2.23. The zero-order valence-electron chi connectivity index (χ0n) is 10.6. The topological polar surface area (TPSA) is 65.3 Å². The Morgan fingerprint density at radius 2 is 2.00 bits per heavy atom. The van der Waals surface area contributed by atoms with Gasteiger partial charge in [-0.15, -0.1) is 0 Å². The van der Waals surface area contributed by atoms with Gasteiger partial charge in [0.15, 0.2) is 0 Å². The van der Waals surface area contributed by atoms with E-state index in [1.165, 1.54) is 9.13 Å². The molecule has 0 amide bonds. The third kappa shape index (κ3) is 3.08. The first-order valence-electron chi connectivity index (χ1n) is 6.25. The summed E-state index contributed by atoms with van der Waals surface area (Å²) in [5, 5.41) is 3.38. The Bertz CT molecular complexity index is 500. The van der Waals surface area contributed by atoms with Crippen molar-refractivity contribution < 1.29 is 4.74 Å². The number of hydrogen-bond donors (Lipinski definition) is 1. The molecule has 0 radical (unpaired) electrons. The molecule has 1 aromatic heterocycles. The molecule has 0 unspecified atom stereocenters. The van der Waals surface area contributed by atoms with E-state index in [-0.39, 0.29) is 0 Å². The summed E-state index contributed by atoms with van der Waals surface area (Å²) in [6.07, 6.45) is 5.27. The molecule has 0 atom stereocenters. The predicted octanol–water partition coefficient (Wildman–Crippen LogP) is -0.684. The second-order valence-corrected chi connectivity index (χ2v) is 4.55. The fourth-order valence-electron chi connectivity index (χ4n) is 2.06. The standard InChI is InChI=1S/C12H19N3O3/c1-14-6-7-15(12(17)11(14)16)5-4-13-10-2-8-18-9-3-10/h6-7,10,13H,2-5,8-9H2,1H3. The van der Waals surface area contributed by atoms with Gasteiger partial charge in [0.1, 0.15) is 0 Å². The number of nitrogens with one attached hydrogen (secondary N) is 1. The van der Waals surface area contributed by atoms with Gasteiger partial charge in [-0.25, -0.2) is 0 Å². The van der Waals surface area contributed by atoms with Gasteiger partial charge in [-0.05, 0) is 12.8 Å². The van der Waals surface area contributed by atoms with Gasteiger partial charge >= 0.3 is 11.1 Å². The van der Waals surface area contributed by atoms with Crippen molar-refractivity contribution in [2.24, 2.45) is 7.05 Å². The van der Waals surface area contributed by atoms with Crippen molar-refractivity contribution in [1.82, 2.24) is 14.5 Å². The molecule has 0 aromatic carbocycles. The van der Waals surface area contributed by atoms with E-state index in [0.29, 0.717) is 19.1 Å². The van der Waals surface area contributed by atoms with Crippen molar-refractivity contribution in [3.63, 3.8) is 0 Å². The van der Waals surface area contributed by atoms with Crippen LogP contribution in [0.25, 0.3) is 0 Å². The fourth-order valence-corrected chi connectivity index (χ4v) is 2.06. The van der Waals surface area contributed by atoms with E-state index in [1.807, 2.05) is 0 Å². The van der Waals surface area contributed by atoms with Crippen molar-refractivity contribution >= 4 is 0 Å². The van der Waals surface area contributed by atoms with Crippen LogP contribution in [0, 0.1) is 0 Å². The lowest BCUT2D eigenvalue weighted by Crippen LogP contribution is -2.42. The maximum atomic E-state index is 11.7. The Kier molecular flexibility index (Phi) is 4.33. The van der Waals surface area contributed by atoms with Crippen molar-refractivity contribution in [2.75, 3.05) is 19.8 Å². The molecule has 6 heteroatoms. The summed E-state index contributed by atoms with van der Waals surface area (Å²) >= 11 is 0. The number of rotatable bonds is 4. The third-order valence-electron chi connectivity index (χ3n) is 3.24. The highest BCUT2D eigenvalue weighted by Gasteiger charge is 2.12. The Morgan fingerprint density at radius 1 is 1.28 bits per heavy atom. The van der Waals surface area contributed by atoms with E-state index in [0.717, 1.165) is 26.1 Å². The van der Waals surface area contributed by atoms with Gasteiger partial charge in [0.05, 0.1) is 0 Å². The minimum absolute atomic E-state index is 0.459. The summed E-state index contributed by atoms with van der Waals surface area (Å²) < 4.78 is 8.02. The second kappa shape index (κ2) is 5.97. The lowest BCUT2D eigenvalue weighted by atomic mass is 10.1. The molecule has 1 aliphatic rings. The van der Waals surface area contributed by atoms with E-state index in [4.69, 9.17) is 4.74 Å². The largest absolute Gasteiger partial charge is 0.381 e. The minimum atomic E-state index is -0.483. The summed E-state index contributed by atoms with van der Waals surface area (Å²) in [6, 6.07) is 0.459. The first kappa shape index (κ1) is 13.0. The minimum Gasteiger partial charge on any atom is -0.381 e. The Hall–Kier alpha value is -1.40. The molecule has 2 heterocycles. The Balaban J connectivity index is 1.88. The molecule has 1 fully saturated rings. The van der Waals surface area contributed by atoms with Crippen LogP contribution in [0.2, 0.25) is 0 Å². The SMILES string of the molecule is Cn1ccn(CCNC2CCOCC2)c(=O)c1=O. The highest BCUT2D eigenvalue weighted by atomic mass is 16.5. The van der Waals surface area contributed by atoms with Crippen LogP contribution in [-0.4, -0.2) is 34.9 Å². The number of hydrogen-bond acceptors (Lipinski definition) is 4. The molecule has 2 rings (SSSR count). The number of aryl methyl sites for hydroxylation is 1. The van der Waals surface area contributed by atoms with Gasteiger partial charge in [0.2, 0.25) is 0 Å². The highest BCUT2D eigenvalue weighted by Crippen LogP contribution is 2.05. The van der Waals surface area contributed by atoms with Crippen molar-refractivity contribution in [2.45, 2.75) is 25.4 Å². The zero-order valence-corrected chi connectivity index (χ0v) is 10.6. The average molecular weight is 253 g/mol. The van der Waals surface area contributed by atoms with E-state index < -0.39 is 11.1 Å². The number of aromatic nitrogens is 2. The normalized spacial score (nSPS) is 16.9. The smallest absolute Gasteiger partial charge is 0.316 e. The highest BCUT2D eigenvalue weighted by molar-refractivity contribution is 4.85. The van der Waals surface area contributed by atoms with Crippen LogP contribution in [0.3, 0.4) is 0 Å². The molecule has 0 spiro atoms. The van der Waals surface area contributed by atoms with Gasteiger partial charge < -0.3 is 19.2 Å². The summed E-state index contributed by atoms with van der Waals surface area (Å²) in [5.74, 6) is 0. The molecule has 0 saturated carbocycles. The van der Waals surface area contributed by atoms with Crippen LogP contribution in [0.5, 0.6) is 0 Å². The molecule has 6 nitrogen and oxygen atoms in total. The van der Waals surface area contributed by atoms with Gasteiger partial charge in [-0.3, -0.25) is 9.59 Å². The monoisotopic (exact) mass is 253 g/mol. The Morgan fingerprint density at radius 3 is 2.72 bits per heavy atom. The summed E-state index contributed by atoms with van der Waals surface area (Å²) in [7, 11) is 1.58. The fraction of sp³-hybridized carbons (Fsp3) is 0.667. The molecule has 0 bridgehead atoms. The number of ether oxygens (including phenoxy) is 1. The van der Waals surface area contributed by atoms with E-state index in [2.05, 4.69) is 5.32 Å². The zero-order chi connectivity index (χ0) is 13.0. The molecular weight excluding hydrogens is 234 g/mol. The first-order chi connectivity index (χ1) is 8.68. The third-order valence-corrected chi connectivity index (χ3v) is 3.24. The van der Waals surface area contributed by atoms with Crippen molar-refractivity contribution in [3.8, 4) is 0 Å². The van der Waals surface area contributed by atoms with Gasteiger partial charge in [0, 0.05) is 51.8 Å². The van der Waals surface area contributed by atoms with Crippen LogP contribution >= 0.6 is 0 Å². The lowest BCUT2D eigenvalue weighted by molar-refractivity contribution is 0.0778. The molecule has 1 aliphatic heterocycles. The van der Waals surface area contributed by atoms with E-state index in [1.54, 1.807) is 19.4 Å². The van der Waals surface area contributed by atoms with Crippen LogP contribution < -0.4 is 16.4 Å². The average Bonchev–Trinajstić information content (AvgIpc) is 2.40. The maximum Gasteiger partial charge on any atom is 0.316 e. The second-order valence-electron chi connectivity index (χ2n) is 4.55. The van der Waals surface area contributed by atoms with Gasteiger partial charge in [-0.1, -0.05) is 0 Å². The van der Waals surface area contributed by atoms with Crippen LogP contribution in [0.15, 0.2) is 22.0 Å². The van der Waals surface area contributed by atoms with Crippen LogP contribution in [-0.2, 0) is 18.3 Å². The van der Waals surface area contributed by atoms with Gasteiger partial charge in [0.25, 0.3) is 0 Å². The summed E-state index contributed by atoms with van der Waals surface area (Å²) in [6.45, 7) is 2.80. The maximum absolute atomic E-state index is 11.7. The van der Waals surface area contributed by atoms with E-state index in [9.17, 15) is 9.59 Å². The Labute approximate surface area is 105 Å². The molecule has 1 saturated heterocycles. The predicted molar refractivity (Wildman–Crippen MR) is 67.8 cm³/mol. The first-order valence-corrected chi connectivity index (χ1v) is 6.25. The molecule has 100 valence electrons. The molecule has 18 heavy (non-hydrogen) atoms.